The van der Waals surface area contributed by atoms with E-state index in [-0.39, 0.29) is 6.03 Å². The third kappa shape index (κ3) is 2.93. The largest absolute Gasteiger partial charge is 0.472 e. The van der Waals surface area contributed by atoms with Gasteiger partial charge in [0.25, 0.3) is 0 Å². The zero-order valence-corrected chi connectivity index (χ0v) is 11.6. The minimum atomic E-state index is -0.356. The van der Waals surface area contributed by atoms with Crippen LogP contribution in [0.1, 0.15) is 0 Å². The Kier molecular flexibility index (Phi) is 3.78. The molecule has 3 heterocycles. The zero-order chi connectivity index (χ0) is 15.4. The lowest BCUT2D eigenvalue weighted by Crippen LogP contribution is -2.28. The average Bonchev–Trinajstić information content (AvgIpc) is 3.06. The van der Waals surface area contributed by atoms with Crippen molar-refractivity contribution < 1.29 is 9.21 Å². The molecule has 0 saturated carbocycles. The Labute approximate surface area is 126 Å². The number of pyridine rings is 1. The van der Waals surface area contributed by atoms with Gasteiger partial charge in [-0.1, -0.05) is 6.08 Å². The molecule has 3 rings (SSSR count). The third-order valence-electron chi connectivity index (χ3n) is 2.87. The number of carbonyl (C=O) groups is 1. The van der Waals surface area contributed by atoms with E-state index in [0.717, 1.165) is 5.56 Å². The van der Waals surface area contributed by atoms with Gasteiger partial charge in [0, 0.05) is 12.1 Å². The molecule has 0 atom stereocenters. The van der Waals surface area contributed by atoms with Crippen LogP contribution >= 0.6 is 0 Å². The quantitative estimate of drug-likeness (QED) is 0.722. The van der Waals surface area contributed by atoms with Crippen LogP contribution in [0.2, 0.25) is 0 Å². The molecule has 0 radical (unpaired) electrons. The van der Waals surface area contributed by atoms with Gasteiger partial charge in [-0.2, -0.15) is 0 Å². The maximum atomic E-state index is 11.6. The fourth-order valence-corrected chi connectivity index (χ4v) is 1.84. The van der Waals surface area contributed by atoms with E-state index in [0.29, 0.717) is 29.2 Å². The van der Waals surface area contributed by atoms with E-state index in [1.54, 1.807) is 43.0 Å². The summed E-state index contributed by atoms with van der Waals surface area (Å²) in [6.45, 7) is 3.91. The van der Waals surface area contributed by atoms with Crippen molar-refractivity contribution in [1.82, 2.24) is 20.3 Å². The van der Waals surface area contributed by atoms with Gasteiger partial charge in [-0.05, 0) is 18.2 Å². The van der Waals surface area contributed by atoms with Crippen LogP contribution in [0.4, 0.5) is 10.6 Å². The fourth-order valence-electron chi connectivity index (χ4n) is 1.84. The van der Waals surface area contributed by atoms with Crippen LogP contribution in [0.5, 0.6) is 0 Å². The van der Waals surface area contributed by atoms with Gasteiger partial charge in [0.05, 0.1) is 24.4 Å². The number of nitrogens with one attached hydrogen (secondary N) is 2. The summed E-state index contributed by atoms with van der Waals surface area (Å²) in [6.07, 6.45) is 6.39. The van der Waals surface area contributed by atoms with Gasteiger partial charge in [0.15, 0.2) is 5.65 Å². The Morgan fingerprint density at radius 3 is 3.00 bits per heavy atom. The van der Waals surface area contributed by atoms with Crippen molar-refractivity contribution in [3.05, 3.63) is 49.6 Å². The molecule has 0 saturated heterocycles. The summed E-state index contributed by atoms with van der Waals surface area (Å²) in [4.78, 5) is 24.6. The Bertz CT molecular complexity index is 814. The molecule has 2 N–H and O–H groups in total. The van der Waals surface area contributed by atoms with E-state index in [1.165, 1.54) is 0 Å². The monoisotopic (exact) mass is 295 g/mol. The molecule has 0 bridgehead atoms. The summed E-state index contributed by atoms with van der Waals surface area (Å²) >= 11 is 0. The van der Waals surface area contributed by atoms with Crippen molar-refractivity contribution in [3.8, 4) is 11.3 Å². The van der Waals surface area contributed by atoms with Crippen LogP contribution in [0.25, 0.3) is 22.4 Å². The van der Waals surface area contributed by atoms with Crippen molar-refractivity contribution in [2.45, 2.75) is 0 Å². The highest BCUT2D eigenvalue weighted by atomic mass is 16.3. The van der Waals surface area contributed by atoms with Crippen LogP contribution in [-0.2, 0) is 0 Å². The van der Waals surface area contributed by atoms with Crippen LogP contribution in [0.3, 0.4) is 0 Å². The summed E-state index contributed by atoms with van der Waals surface area (Å²) in [6, 6.07) is 4.85. The highest BCUT2D eigenvalue weighted by Crippen LogP contribution is 2.19. The van der Waals surface area contributed by atoms with Crippen molar-refractivity contribution in [1.29, 1.82) is 0 Å². The molecule has 7 heteroatoms. The second-order valence-corrected chi connectivity index (χ2v) is 4.43. The highest BCUT2D eigenvalue weighted by molar-refractivity contribution is 5.89. The first-order valence-corrected chi connectivity index (χ1v) is 6.58. The van der Waals surface area contributed by atoms with Gasteiger partial charge < -0.3 is 9.73 Å². The number of carbonyl (C=O) groups excluding carboxylic acids is 1. The summed E-state index contributed by atoms with van der Waals surface area (Å²) < 4.78 is 5.03. The molecule has 0 aliphatic rings. The zero-order valence-electron chi connectivity index (χ0n) is 11.6. The predicted octanol–water partition coefficient (Wildman–Crippen LogP) is 2.59. The molecule has 0 aliphatic carbocycles. The number of amides is 2. The molecule has 0 aromatic carbocycles. The topological polar surface area (TPSA) is 92.9 Å². The summed E-state index contributed by atoms with van der Waals surface area (Å²) in [5.41, 5.74) is 2.56. The summed E-state index contributed by atoms with van der Waals surface area (Å²) in [7, 11) is 0. The molecule has 22 heavy (non-hydrogen) atoms. The van der Waals surface area contributed by atoms with Crippen LogP contribution in [-0.4, -0.2) is 27.5 Å². The third-order valence-corrected chi connectivity index (χ3v) is 2.87. The molecule has 0 aliphatic heterocycles. The van der Waals surface area contributed by atoms with Crippen LogP contribution in [0.15, 0.2) is 54.0 Å². The summed E-state index contributed by atoms with van der Waals surface area (Å²) in [5, 5.41) is 5.23. The second-order valence-electron chi connectivity index (χ2n) is 4.43. The smallest absolute Gasteiger partial charge is 0.320 e. The molecule has 0 unspecified atom stereocenters. The van der Waals surface area contributed by atoms with E-state index in [1.807, 2.05) is 0 Å². The fraction of sp³-hybridized carbons (Fsp3) is 0.0667. The van der Waals surface area contributed by atoms with Gasteiger partial charge in [-0.3, -0.25) is 10.3 Å². The van der Waals surface area contributed by atoms with Crippen molar-refractivity contribution >= 4 is 23.0 Å². The van der Waals surface area contributed by atoms with Crippen molar-refractivity contribution in [3.63, 3.8) is 0 Å². The number of anilines is 1. The van der Waals surface area contributed by atoms with Gasteiger partial charge in [0.1, 0.15) is 11.3 Å². The molecule has 2 amide bonds. The number of nitrogens with zero attached hydrogens (tertiary/aromatic N) is 3. The lowest BCUT2D eigenvalue weighted by Gasteiger charge is -2.06. The van der Waals surface area contributed by atoms with Gasteiger partial charge >= 0.3 is 6.03 Å². The molecule has 3 aromatic rings. The van der Waals surface area contributed by atoms with Crippen LogP contribution in [0, 0.1) is 0 Å². The lowest BCUT2D eigenvalue weighted by molar-refractivity contribution is 0.253. The van der Waals surface area contributed by atoms with E-state index >= 15 is 0 Å². The molecule has 3 aromatic heterocycles. The van der Waals surface area contributed by atoms with E-state index in [9.17, 15) is 4.79 Å². The predicted molar refractivity (Wildman–Crippen MR) is 82.3 cm³/mol. The Morgan fingerprint density at radius 1 is 1.32 bits per heavy atom. The minimum absolute atomic E-state index is 0.356. The number of urea groups is 1. The van der Waals surface area contributed by atoms with Crippen LogP contribution < -0.4 is 10.6 Å². The molecule has 7 nitrogen and oxygen atoms in total. The van der Waals surface area contributed by atoms with Gasteiger partial charge in [-0.25, -0.2) is 14.8 Å². The SMILES string of the molecule is C=CCNC(=O)Nc1ccc2ncc(-c3ccoc3)nc2n1. The van der Waals surface area contributed by atoms with Gasteiger partial charge in [0.2, 0.25) is 0 Å². The number of hydrogen-bond acceptors (Lipinski definition) is 5. The van der Waals surface area contributed by atoms with E-state index in [2.05, 4.69) is 32.2 Å². The Balaban J connectivity index is 1.87. The summed E-state index contributed by atoms with van der Waals surface area (Å²) in [5.74, 6) is 0.396. The second kappa shape index (κ2) is 6.04. The van der Waals surface area contributed by atoms with Crippen molar-refractivity contribution in [2.75, 3.05) is 11.9 Å². The maximum Gasteiger partial charge on any atom is 0.320 e. The molecule has 110 valence electrons. The number of hydrogen-bond donors (Lipinski definition) is 2. The molecule has 0 fully saturated rings. The molecule has 0 spiro atoms. The number of rotatable bonds is 4. The first-order chi connectivity index (χ1) is 10.8. The molecular weight excluding hydrogens is 282 g/mol. The van der Waals surface area contributed by atoms with E-state index < -0.39 is 0 Å². The number of furan rings is 1. The van der Waals surface area contributed by atoms with Crippen molar-refractivity contribution in [2.24, 2.45) is 0 Å². The number of fused-ring (bicyclic) bond motifs is 1. The normalized spacial score (nSPS) is 10.4. The highest BCUT2D eigenvalue weighted by Gasteiger charge is 2.07. The first-order valence-electron chi connectivity index (χ1n) is 6.58. The Morgan fingerprint density at radius 2 is 2.23 bits per heavy atom. The molecular formula is C15H13N5O2. The van der Waals surface area contributed by atoms with Gasteiger partial charge in [-0.15, -0.1) is 6.58 Å². The first kappa shape index (κ1) is 13.7. The minimum Gasteiger partial charge on any atom is -0.472 e. The Hall–Kier alpha value is -3.22. The average molecular weight is 295 g/mol. The maximum absolute atomic E-state index is 11.6. The van der Waals surface area contributed by atoms with E-state index in [4.69, 9.17) is 4.42 Å². The lowest BCUT2D eigenvalue weighted by atomic mass is 10.2. The number of aromatic nitrogens is 3. The standard InChI is InChI=1S/C15H13N5O2/c1-2-6-16-15(21)20-13-4-3-11-14(19-13)18-12(8-17-11)10-5-7-22-9-10/h2-5,7-9H,1,6H2,(H2,16,18,19,20,21).